The number of benzene rings is 1. The summed E-state index contributed by atoms with van der Waals surface area (Å²) in [5.74, 6) is -1.03. The number of rotatable bonds is 6. The number of nitrogens with zero attached hydrogens (tertiary/aromatic N) is 1. The van der Waals surface area contributed by atoms with Crippen molar-refractivity contribution in [1.82, 2.24) is 10.6 Å². The maximum atomic E-state index is 12.5. The molecule has 0 bridgehead atoms. The molecule has 166 valence electrons. The average Bonchev–Trinajstić information content (AvgIpc) is 3.03. The Morgan fingerprint density at radius 3 is 2.27 bits per heavy atom. The second kappa shape index (κ2) is 11.3. The van der Waals surface area contributed by atoms with Crippen molar-refractivity contribution in [1.29, 1.82) is 0 Å². The summed E-state index contributed by atoms with van der Waals surface area (Å²) in [7, 11) is 4.04. The van der Waals surface area contributed by atoms with E-state index in [4.69, 9.17) is 4.74 Å². The maximum absolute atomic E-state index is 12.5. The third kappa shape index (κ3) is 6.44. The van der Waals surface area contributed by atoms with Crippen molar-refractivity contribution in [3.63, 3.8) is 0 Å². The zero-order valence-electron chi connectivity index (χ0n) is 18.4. The van der Waals surface area contributed by atoms with E-state index < -0.39 is 11.8 Å². The molecule has 2 amide bonds. The van der Waals surface area contributed by atoms with Crippen molar-refractivity contribution >= 4 is 17.5 Å². The molecule has 0 spiro atoms. The van der Waals surface area contributed by atoms with Gasteiger partial charge in [0, 0.05) is 31.4 Å². The van der Waals surface area contributed by atoms with Crippen LogP contribution in [0.3, 0.4) is 0 Å². The number of amides is 2. The number of carbonyl (C=O) groups excluding carboxylic acids is 2. The Morgan fingerprint density at radius 2 is 1.67 bits per heavy atom. The highest BCUT2D eigenvalue weighted by atomic mass is 16.5. The third-order valence-corrected chi connectivity index (χ3v) is 6.30. The first-order valence-corrected chi connectivity index (χ1v) is 11.3. The lowest BCUT2D eigenvalue weighted by Crippen LogP contribution is -3.15. The lowest BCUT2D eigenvalue weighted by Gasteiger charge is -2.32. The highest BCUT2D eigenvalue weighted by molar-refractivity contribution is 6.35. The predicted molar refractivity (Wildman–Crippen MR) is 118 cm³/mol. The Kier molecular flexibility index (Phi) is 8.51. The molecule has 1 heterocycles. The Labute approximate surface area is 180 Å². The van der Waals surface area contributed by atoms with Crippen LogP contribution >= 0.6 is 0 Å². The fourth-order valence-corrected chi connectivity index (χ4v) is 4.43. The van der Waals surface area contributed by atoms with Crippen LogP contribution in [0.25, 0.3) is 0 Å². The molecule has 1 aliphatic heterocycles. The molecule has 1 saturated heterocycles. The van der Waals surface area contributed by atoms with Gasteiger partial charge < -0.3 is 25.2 Å². The molecule has 7 nitrogen and oxygen atoms in total. The number of ether oxygens (including phenoxy) is 1. The van der Waals surface area contributed by atoms with E-state index in [1.165, 1.54) is 23.3 Å². The summed E-state index contributed by atoms with van der Waals surface area (Å²) in [5.41, 5.74) is 2.31. The molecule has 30 heavy (non-hydrogen) atoms. The van der Waals surface area contributed by atoms with E-state index in [0.717, 1.165) is 57.7 Å². The number of hydrogen-bond donors (Lipinski definition) is 3. The lowest BCUT2D eigenvalue weighted by atomic mass is 10.0. The number of nitrogens with one attached hydrogen (secondary N) is 3. The summed E-state index contributed by atoms with van der Waals surface area (Å²) >= 11 is 0. The maximum Gasteiger partial charge on any atom is 0.309 e. The van der Waals surface area contributed by atoms with E-state index in [2.05, 4.69) is 39.8 Å². The molecule has 1 aromatic carbocycles. The van der Waals surface area contributed by atoms with Crippen molar-refractivity contribution in [3.05, 3.63) is 29.8 Å². The standard InChI is InChI=1S/C23H36N4O3/c1-26(2)20-11-9-18(10-12-20)21(27-13-15-30-16-14-27)17-24-22(28)23(29)25-19-7-5-3-4-6-8-19/h9-12,19,21H,3-8,13-17H2,1-2H3,(H,24,28)(H,25,29)/p+1/t21-/m1/s1. The minimum absolute atomic E-state index is 0.0970. The molecular formula is C23H37N4O3+. The summed E-state index contributed by atoms with van der Waals surface area (Å²) in [6, 6.07) is 8.68. The zero-order chi connectivity index (χ0) is 21.3. The van der Waals surface area contributed by atoms with Gasteiger partial charge in [-0.05, 0) is 25.0 Å². The van der Waals surface area contributed by atoms with Crippen LogP contribution in [-0.4, -0.2) is 64.8 Å². The summed E-state index contributed by atoms with van der Waals surface area (Å²) < 4.78 is 5.52. The molecule has 1 aliphatic carbocycles. The quantitative estimate of drug-likeness (QED) is 0.470. The summed E-state index contributed by atoms with van der Waals surface area (Å²) in [4.78, 5) is 28.4. The lowest BCUT2D eigenvalue weighted by molar-refractivity contribution is -0.937. The molecule has 1 aromatic rings. The van der Waals surface area contributed by atoms with Crippen molar-refractivity contribution < 1.29 is 19.2 Å². The number of hydrogen-bond acceptors (Lipinski definition) is 4. The van der Waals surface area contributed by atoms with Crippen LogP contribution in [0.15, 0.2) is 24.3 Å². The molecule has 1 atom stereocenters. The summed E-state index contributed by atoms with van der Waals surface area (Å²) in [6.45, 7) is 3.66. The number of quaternary nitrogens is 1. The van der Waals surface area contributed by atoms with E-state index >= 15 is 0 Å². The van der Waals surface area contributed by atoms with Gasteiger partial charge in [0.2, 0.25) is 0 Å². The highest BCUT2D eigenvalue weighted by Crippen LogP contribution is 2.18. The Hall–Kier alpha value is -2.12. The van der Waals surface area contributed by atoms with Gasteiger partial charge in [0.05, 0.1) is 19.8 Å². The van der Waals surface area contributed by atoms with E-state index in [-0.39, 0.29) is 12.1 Å². The highest BCUT2D eigenvalue weighted by Gasteiger charge is 2.28. The van der Waals surface area contributed by atoms with Crippen LogP contribution in [0, 0.1) is 0 Å². The van der Waals surface area contributed by atoms with E-state index in [1.54, 1.807) is 0 Å². The Bertz CT molecular complexity index is 678. The number of morpholine rings is 1. The molecule has 2 aliphatic rings. The first kappa shape index (κ1) is 22.6. The van der Waals surface area contributed by atoms with Gasteiger partial charge >= 0.3 is 11.8 Å². The second-order valence-electron chi connectivity index (χ2n) is 8.68. The molecule has 3 rings (SSSR count). The van der Waals surface area contributed by atoms with E-state index in [9.17, 15) is 9.59 Å². The fraction of sp³-hybridized carbons (Fsp3) is 0.652. The van der Waals surface area contributed by atoms with E-state index in [1.807, 2.05) is 14.1 Å². The van der Waals surface area contributed by atoms with Crippen LogP contribution in [0.2, 0.25) is 0 Å². The molecular weight excluding hydrogens is 380 g/mol. The van der Waals surface area contributed by atoms with Gasteiger partial charge in [0.15, 0.2) is 0 Å². The minimum Gasteiger partial charge on any atom is -0.378 e. The van der Waals surface area contributed by atoms with Crippen molar-refractivity contribution in [2.45, 2.75) is 50.6 Å². The van der Waals surface area contributed by atoms with Gasteiger partial charge in [-0.2, -0.15) is 0 Å². The van der Waals surface area contributed by atoms with Gasteiger partial charge in [0.25, 0.3) is 0 Å². The van der Waals surface area contributed by atoms with Crippen LogP contribution < -0.4 is 20.4 Å². The van der Waals surface area contributed by atoms with Crippen molar-refractivity contribution in [2.75, 3.05) is 51.8 Å². The summed E-state index contributed by atoms with van der Waals surface area (Å²) in [6.07, 6.45) is 6.62. The normalized spacial score (nSPS) is 19.5. The molecule has 7 heteroatoms. The fourth-order valence-electron chi connectivity index (χ4n) is 4.43. The van der Waals surface area contributed by atoms with Gasteiger partial charge in [-0.1, -0.05) is 37.8 Å². The van der Waals surface area contributed by atoms with Crippen LogP contribution in [0.1, 0.15) is 50.1 Å². The summed E-state index contributed by atoms with van der Waals surface area (Å²) in [5, 5.41) is 5.84. The Balaban J connectivity index is 1.60. The number of anilines is 1. The first-order chi connectivity index (χ1) is 14.5. The first-order valence-electron chi connectivity index (χ1n) is 11.3. The topological polar surface area (TPSA) is 75.1 Å². The largest absolute Gasteiger partial charge is 0.378 e. The van der Waals surface area contributed by atoms with Gasteiger partial charge in [0.1, 0.15) is 19.1 Å². The monoisotopic (exact) mass is 417 g/mol. The van der Waals surface area contributed by atoms with Crippen molar-refractivity contribution in [3.8, 4) is 0 Å². The molecule has 1 saturated carbocycles. The average molecular weight is 418 g/mol. The predicted octanol–water partition coefficient (Wildman–Crippen LogP) is 0.664. The third-order valence-electron chi connectivity index (χ3n) is 6.30. The van der Waals surface area contributed by atoms with Gasteiger partial charge in [-0.25, -0.2) is 0 Å². The van der Waals surface area contributed by atoms with E-state index in [0.29, 0.717) is 6.54 Å². The minimum atomic E-state index is -0.526. The Morgan fingerprint density at radius 1 is 1.03 bits per heavy atom. The molecule has 2 fully saturated rings. The SMILES string of the molecule is CN(C)c1ccc([C@@H](CNC(=O)C(=O)NC2CCCCCC2)[NH+]2CCOCC2)cc1. The number of carbonyl (C=O) groups is 2. The van der Waals surface area contributed by atoms with Crippen molar-refractivity contribution in [2.24, 2.45) is 0 Å². The molecule has 3 N–H and O–H groups in total. The van der Waals surface area contributed by atoms with Gasteiger partial charge in [-0.3, -0.25) is 9.59 Å². The smallest absolute Gasteiger partial charge is 0.309 e. The molecule has 0 unspecified atom stereocenters. The van der Waals surface area contributed by atoms with Crippen LogP contribution in [0.4, 0.5) is 5.69 Å². The van der Waals surface area contributed by atoms with Crippen LogP contribution in [-0.2, 0) is 14.3 Å². The zero-order valence-corrected chi connectivity index (χ0v) is 18.4. The van der Waals surface area contributed by atoms with Crippen LogP contribution in [0.5, 0.6) is 0 Å². The second-order valence-corrected chi connectivity index (χ2v) is 8.68. The molecule has 0 radical (unpaired) electrons. The molecule has 0 aromatic heterocycles. The van der Waals surface area contributed by atoms with Gasteiger partial charge in [-0.15, -0.1) is 0 Å².